The maximum absolute atomic E-state index is 5.87. The first-order valence-electron chi connectivity index (χ1n) is 7.10. The summed E-state index contributed by atoms with van der Waals surface area (Å²) in [6.45, 7) is 5.54. The van der Waals surface area contributed by atoms with Gasteiger partial charge in [-0.05, 0) is 44.8 Å². The second-order valence-corrected chi connectivity index (χ2v) is 5.52. The van der Waals surface area contributed by atoms with Gasteiger partial charge in [-0.1, -0.05) is 6.92 Å². The minimum atomic E-state index is 0.150. The third kappa shape index (κ3) is 4.45. The second kappa shape index (κ2) is 7.04. The van der Waals surface area contributed by atoms with Gasteiger partial charge in [0.25, 0.3) is 0 Å². The minimum absolute atomic E-state index is 0.150. The monoisotopic (exact) mass is 299 g/mol. The molecule has 1 fully saturated rings. The fraction of sp³-hybridized carbons (Fsp3) is 0.769. The van der Waals surface area contributed by atoms with E-state index in [1.165, 1.54) is 12.8 Å². The van der Waals surface area contributed by atoms with E-state index in [1.807, 2.05) is 6.92 Å². The topological polar surface area (TPSA) is 63.2 Å². The first-order chi connectivity index (χ1) is 9.60. The van der Waals surface area contributed by atoms with E-state index in [-0.39, 0.29) is 11.3 Å². The maximum atomic E-state index is 5.87. The zero-order valence-corrected chi connectivity index (χ0v) is 13.0. The molecule has 1 aromatic rings. The van der Waals surface area contributed by atoms with Crippen molar-refractivity contribution >= 4 is 17.5 Å². The van der Waals surface area contributed by atoms with Crippen molar-refractivity contribution in [3.63, 3.8) is 0 Å². The van der Waals surface area contributed by atoms with Crippen LogP contribution in [0.15, 0.2) is 0 Å². The van der Waals surface area contributed by atoms with Gasteiger partial charge in [0.15, 0.2) is 0 Å². The quantitative estimate of drug-likeness (QED) is 0.794. The standard InChI is InChI=1S/C13H22ClN5O/c1-4-7-20-13-17-11(14)16-12(18-13)15-8-9(2)19(3)10-5-6-10/h9-10H,4-8H2,1-3H3,(H,15,16,17,18). The number of rotatable bonds is 8. The van der Waals surface area contributed by atoms with Gasteiger partial charge in [-0.3, -0.25) is 4.90 Å². The number of nitrogens with zero attached hydrogens (tertiary/aromatic N) is 4. The van der Waals surface area contributed by atoms with Gasteiger partial charge in [-0.15, -0.1) is 0 Å². The van der Waals surface area contributed by atoms with Gasteiger partial charge in [0.2, 0.25) is 11.2 Å². The summed E-state index contributed by atoms with van der Waals surface area (Å²) in [5, 5.41) is 3.35. The van der Waals surface area contributed by atoms with E-state index >= 15 is 0 Å². The Balaban J connectivity index is 1.89. The summed E-state index contributed by atoms with van der Waals surface area (Å²) >= 11 is 5.87. The summed E-state index contributed by atoms with van der Waals surface area (Å²) in [5.41, 5.74) is 0. The number of halogens is 1. The first-order valence-corrected chi connectivity index (χ1v) is 7.48. The van der Waals surface area contributed by atoms with Crippen LogP contribution in [0.1, 0.15) is 33.1 Å². The lowest BCUT2D eigenvalue weighted by atomic mass is 10.3. The lowest BCUT2D eigenvalue weighted by Crippen LogP contribution is -2.36. The Labute approximate surface area is 124 Å². The van der Waals surface area contributed by atoms with Crippen molar-refractivity contribution in [2.24, 2.45) is 0 Å². The summed E-state index contributed by atoms with van der Waals surface area (Å²) in [6.07, 6.45) is 3.50. The summed E-state index contributed by atoms with van der Waals surface area (Å²) in [5.74, 6) is 0.465. The number of ether oxygens (including phenoxy) is 1. The molecule has 0 aliphatic heterocycles. The molecule has 1 unspecified atom stereocenters. The van der Waals surface area contributed by atoms with Gasteiger partial charge < -0.3 is 10.1 Å². The normalized spacial score (nSPS) is 16.2. The lowest BCUT2D eigenvalue weighted by Gasteiger charge is -2.24. The summed E-state index contributed by atoms with van der Waals surface area (Å²) in [4.78, 5) is 14.6. The van der Waals surface area contributed by atoms with Gasteiger partial charge in [-0.2, -0.15) is 15.0 Å². The molecule has 0 saturated heterocycles. The zero-order valence-electron chi connectivity index (χ0n) is 12.3. The fourth-order valence-electron chi connectivity index (χ4n) is 1.89. The zero-order chi connectivity index (χ0) is 14.5. The Hall–Kier alpha value is -1.14. The predicted molar refractivity (Wildman–Crippen MR) is 79.4 cm³/mol. The van der Waals surface area contributed by atoms with Crippen LogP contribution in [-0.4, -0.2) is 52.1 Å². The van der Waals surface area contributed by atoms with E-state index in [0.717, 1.165) is 19.0 Å². The van der Waals surface area contributed by atoms with Crippen molar-refractivity contribution in [3.8, 4) is 6.01 Å². The molecule has 112 valence electrons. The van der Waals surface area contributed by atoms with Crippen LogP contribution in [0, 0.1) is 0 Å². The SMILES string of the molecule is CCCOc1nc(Cl)nc(NCC(C)N(C)C2CC2)n1. The minimum Gasteiger partial charge on any atom is -0.463 e. The number of anilines is 1. The summed E-state index contributed by atoms with van der Waals surface area (Å²) in [7, 11) is 2.15. The molecule has 1 heterocycles. The van der Waals surface area contributed by atoms with Crippen molar-refractivity contribution < 1.29 is 4.74 Å². The number of hydrogen-bond acceptors (Lipinski definition) is 6. The van der Waals surface area contributed by atoms with Gasteiger partial charge in [-0.25, -0.2) is 0 Å². The fourth-order valence-corrected chi connectivity index (χ4v) is 2.05. The van der Waals surface area contributed by atoms with Gasteiger partial charge in [0.05, 0.1) is 6.61 Å². The molecule has 2 rings (SSSR count). The van der Waals surface area contributed by atoms with E-state index in [9.17, 15) is 0 Å². The smallest absolute Gasteiger partial charge is 0.322 e. The number of likely N-dealkylation sites (N-methyl/N-ethyl adjacent to an activating group) is 1. The van der Waals surface area contributed by atoms with E-state index in [2.05, 4.69) is 39.1 Å². The van der Waals surface area contributed by atoms with Crippen molar-refractivity contribution in [2.45, 2.75) is 45.2 Å². The molecule has 0 aromatic carbocycles. The number of nitrogens with one attached hydrogen (secondary N) is 1. The van der Waals surface area contributed by atoms with Gasteiger partial charge in [0, 0.05) is 18.6 Å². The van der Waals surface area contributed by atoms with Gasteiger partial charge in [0.1, 0.15) is 0 Å². The third-order valence-corrected chi connectivity index (χ3v) is 3.57. The van der Waals surface area contributed by atoms with Crippen LogP contribution in [0.3, 0.4) is 0 Å². The van der Waals surface area contributed by atoms with Crippen LogP contribution in [0.4, 0.5) is 5.95 Å². The van der Waals surface area contributed by atoms with Crippen molar-refractivity contribution in [1.82, 2.24) is 19.9 Å². The first kappa shape index (κ1) is 15.3. The highest BCUT2D eigenvalue weighted by Crippen LogP contribution is 2.26. The molecule has 1 atom stereocenters. The molecule has 1 aliphatic carbocycles. The Morgan fingerprint density at radius 3 is 2.80 bits per heavy atom. The second-order valence-electron chi connectivity index (χ2n) is 5.19. The molecule has 1 aliphatic rings. The Morgan fingerprint density at radius 2 is 2.15 bits per heavy atom. The van der Waals surface area contributed by atoms with E-state index in [1.54, 1.807) is 0 Å². The van der Waals surface area contributed by atoms with Crippen molar-refractivity contribution in [2.75, 3.05) is 25.5 Å². The van der Waals surface area contributed by atoms with Crippen molar-refractivity contribution in [3.05, 3.63) is 5.28 Å². The average Bonchev–Trinajstić information content (AvgIpc) is 3.25. The number of aromatic nitrogens is 3. The van der Waals surface area contributed by atoms with Crippen LogP contribution in [0.5, 0.6) is 6.01 Å². The number of hydrogen-bond donors (Lipinski definition) is 1. The highest BCUT2D eigenvalue weighted by molar-refractivity contribution is 6.28. The molecule has 1 saturated carbocycles. The van der Waals surface area contributed by atoms with Crippen LogP contribution < -0.4 is 10.1 Å². The molecular weight excluding hydrogens is 278 g/mol. The van der Waals surface area contributed by atoms with Crippen LogP contribution in [0.25, 0.3) is 0 Å². The molecule has 7 heteroatoms. The maximum Gasteiger partial charge on any atom is 0.322 e. The average molecular weight is 300 g/mol. The third-order valence-electron chi connectivity index (χ3n) is 3.40. The Bertz CT molecular complexity index is 441. The predicted octanol–water partition coefficient (Wildman–Crippen LogP) is 2.21. The summed E-state index contributed by atoms with van der Waals surface area (Å²) in [6, 6.07) is 1.42. The molecule has 6 nitrogen and oxygen atoms in total. The Morgan fingerprint density at radius 1 is 1.40 bits per heavy atom. The van der Waals surface area contributed by atoms with Crippen LogP contribution >= 0.6 is 11.6 Å². The molecule has 0 bridgehead atoms. The van der Waals surface area contributed by atoms with E-state index < -0.39 is 0 Å². The molecule has 0 amide bonds. The highest BCUT2D eigenvalue weighted by atomic mass is 35.5. The van der Waals surface area contributed by atoms with Crippen LogP contribution in [0.2, 0.25) is 5.28 Å². The molecule has 0 spiro atoms. The molecule has 0 radical (unpaired) electrons. The van der Waals surface area contributed by atoms with E-state index in [4.69, 9.17) is 16.3 Å². The molecule has 1 aromatic heterocycles. The van der Waals surface area contributed by atoms with Crippen molar-refractivity contribution in [1.29, 1.82) is 0 Å². The largest absolute Gasteiger partial charge is 0.463 e. The van der Waals surface area contributed by atoms with Crippen LogP contribution in [-0.2, 0) is 0 Å². The van der Waals surface area contributed by atoms with E-state index in [0.29, 0.717) is 18.6 Å². The molecular formula is C13H22ClN5O. The highest BCUT2D eigenvalue weighted by Gasteiger charge is 2.28. The Kier molecular flexibility index (Phi) is 5.37. The molecule has 20 heavy (non-hydrogen) atoms. The summed E-state index contributed by atoms with van der Waals surface area (Å²) < 4.78 is 5.38. The van der Waals surface area contributed by atoms with Gasteiger partial charge >= 0.3 is 6.01 Å². The molecule has 1 N–H and O–H groups in total. The lowest BCUT2D eigenvalue weighted by molar-refractivity contribution is 0.256.